The Hall–Kier alpha value is -0.633. The van der Waals surface area contributed by atoms with Crippen molar-refractivity contribution in [3.05, 3.63) is 23.3 Å². The van der Waals surface area contributed by atoms with Gasteiger partial charge in [-0.2, -0.15) is 0 Å². The molecule has 1 rings (SSSR count). The predicted octanol–water partition coefficient (Wildman–Crippen LogP) is 5.61. The summed E-state index contributed by atoms with van der Waals surface area (Å²) in [5.41, 5.74) is 2.95. The fourth-order valence-corrected chi connectivity index (χ4v) is 4.42. The van der Waals surface area contributed by atoms with Crippen LogP contribution in [0.2, 0.25) is 25.7 Å². The largest absolute Gasteiger partial charge is 0.298 e. The number of rotatable bonds is 4. The van der Waals surface area contributed by atoms with Gasteiger partial charge >= 0.3 is 0 Å². The molecule has 0 aromatic carbocycles. The lowest BCUT2D eigenvalue weighted by Crippen LogP contribution is -2.23. The monoisotopic (exact) mass is 292 g/mol. The van der Waals surface area contributed by atoms with E-state index in [1.807, 2.05) is 0 Å². The van der Waals surface area contributed by atoms with Crippen molar-refractivity contribution < 1.29 is 4.79 Å². The normalized spacial score (nSPS) is 21.8. The van der Waals surface area contributed by atoms with Gasteiger partial charge in [0, 0.05) is 8.07 Å². The molecule has 0 aliphatic heterocycles. The Bertz CT molecular complexity index is 381. The van der Waals surface area contributed by atoms with Crippen LogP contribution in [0.1, 0.15) is 46.5 Å². The first-order chi connectivity index (χ1) is 9.12. The molecular weight excluding hydrogens is 260 g/mol. The van der Waals surface area contributed by atoms with Crippen molar-refractivity contribution in [2.24, 2.45) is 11.3 Å². The van der Waals surface area contributed by atoms with Crippen molar-refractivity contribution in [2.75, 3.05) is 0 Å². The lowest BCUT2D eigenvalue weighted by molar-refractivity contribution is -0.104. The van der Waals surface area contributed by atoms with Gasteiger partial charge in [-0.3, -0.25) is 4.79 Å². The third-order valence-electron chi connectivity index (χ3n) is 4.27. The van der Waals surface area contributed by atoms with Crippen LogP contribution in [0.3, 0.4) is 0 Å². The molecule has 1 nitrogen and oxygen atoms in total. The van der Waals surface area contributed by atoms with Gasteiger partial charge in [0.2, 0.25) is 0 Å². The Morgan fingerprint density at radius 2 is 1.75 bits per heavy atom. The highest BCUT2D eigenvalue weighted by molar-refractivity contribution is 6.76. The van der Waals surface area contributed by atoms with Crippen molar-refractivity contribution in [3.63, 3.8) is 0 Å². The van der Waals surface area contributed by atoms with Gasteiger partial charge in [0.15, 0.2) is 0 Å². The first-order valence-electron chi connectivity index (χ1n) is 7.95. The first kappa shape index (κ1) is 17.4. The van der Waals surface area contributed by atoms with Crippen LogP contribution in [-0.4, -0.2) is 14.4 Å². The van der Waals surface area contributed by atoms with Crippen molar-refractivity contribution >= 4 is 14.4 Å². The zero-order valence-electron chi connectivity index (χ0n) is 14.3. The van der Waals surface area contributed by atoms with Crippen LogP contribution in [0.5, 0.6) is 0 Å². The summed E-state index contributed by atoms with van der Waals surface area (Å²) >= 11 is 0. The molecule has 1 aliphatic rings. The minimum atomic E-state index is -1.19. The minimum absolute atomic E-state index is 0.438. The Morgan fingerprint density at radius 3 is 2.15 bits per heavy atom. The number of carbonyl (C=O) groups excluding carboxylic acids is 1. The van der Waals surface area contributed by atoms with Gasteiger partial charge in [-0.1, -0.05) is 58.1 Å². The highest BCUT2D eigenvalue weighted by Gasteiger charge is 2.27. The molecule has 0 N–H and O–H groups in total. The number of aldehydes is 1. The van der Waals surface area contributed by atoms with Crippen molar-refractivity contribution in [1.82, 2.24) is 0 Å². The second-order valence-corrected chi connectivity index (χ2v) is 14.0. The molecule has 20 heavy (non-hydrogen) atoms. The van der Waals surface area contributed by atoms with E-state index >= 15 is 0 Å². The van der Waals surface area contributed by atoms with Crippen molar-refractivity contribution in [3.8, 4) is 0 Å². The molecule has 114 valence electrons. The minimum Gasteiger partial charge on any atom is -0.298 e. The van der Waals surface area contributed by atoms with Gasteiger partial charge in [-0.15, -0.1) is 0 Å². The van der Waals surface area contributed by atoms with Crippen LogP contribution in [0.4, 0.5) is 0 Å². The summed E-state index contributed by atoms with van der Waals surface area (Å²) in [6.45, 7) is 14.0. The second kappa shape index (κ2) is 6.88. The van der Waals surface area contributed by atoms with E-state index in [9.17, 15) is 4.79 Å². The predicted molar refractivity (Wildman–Crippen MR) is 91.8 cm³/mol. The zero-order chi connectivity index (χ0) is 15.4. The fraction of sp³-hybridized carbons (Fsp3) is 0.722. The molecule has 2 heteroatoms. The van der Waals surface area contributed by atoms with E-state index in [0.29, 0.717) is 5.41 Å². The molecule has 0 aromatic heterocycles. The number of hydrogen-bond donors (Lipinski definition) is 0. The maximum atomic E-state index is 11.2. The number of carbonyl (C=O) groups is 1. The van der Waals surface area contributed by atoms with Crippen LogP contribution in [-0.2, 0) is 4.79 Å². The van der Waals surface area contributed by atoms with E-state index in [2.05, 4.69) is 52.6 Å². The number of hydrogen-bond acceptors (Lipinski definition) is 1. The van der Waals surface area contributed by atoms with E-state index in [1.165, 1.54) is 31.3 Å². The first-order valence-corrected chi connectivity index (χ1v) is 11.7. The van der Waals surface area contributed by atoms with E-state index in [0.717, 1.165) is 23.8 Å². The Balaban J connectivity index is 2.62. The maximum Gasteiger partial charge on any atom is 0.145 e. The summed E-state index contributed by atoms with van der Waals surface area (Å²) in [7, 11) is -1.19. The quantitative estimate of drug-likeness (QED) is 0.374. The molecule has 1 saturated carbocycles. The lowest BCUT2D eigenvalue weighted by Gasteiger charge is -2.34. The van der Waals surface area contributed by atoms with Gasteiger partial charge in [0.1, 0.15) is 6.29 Å². The van der Waals surface area contributed by atoms with Crippen molar-refractivity contribution in [1.29, 1.82) is 0 Å². The molecule has 0 spiro atoms. The molecule has 0 saturated heterocycles. The molecule has 0 atom stereocenters. The molecule has 0 radical (unpaired) electrons. The molecule has 0 bridgehead atoms. The van der Waals surface area contributed by atoms with Gasteiger partial charge in [0.25, 0.3) is 0 Å². The standard InChI is InChI=1S/C18H32OSi/c1-18(2,3)17-11-9-15(10-12-17)7-8-16(13-19)14-20(4,5)6/h7-8,13,17H,9-12,14H2,1-6H3/b15-7?,16-8-. The van der Waals surface area contributed by atoms with Crippen LogP contribution in [0, 0.1) is 11.3 Å². The van der Waals surface area contributed by atoms with Gasteiger partial charge in [-0.05, 0) is 48.6 Å². The molecule has 1 aliphatic carbocycles. The van der Waals surface area contributed by atoms with E-state index in [4.69, 9.17) is 0 Å². The van der Waals surface area contributed by atoms with Crippen LogP contribution in [0.25, 0.3) is 0 Å². The van der Waals surface area contributed by atoms with Crippen LogP contribution >= 0.6 is 0 Å². The average Bonchev–Trinajstić information content (AvgIpc) is 2.32. The van der Waals surface area contributed by atoms with Gasteiger partial charge in [0.05, 0.1) is 0 Å². The SMILES string of the molecule is CC(C)(C)C1CCC(=C/C=C(/C=O)C[Si](C)(C)C)CC1. The Labute approximate surface area is 126 Å². The maximum absolute atomic E-state index is 11.2. The summed E-state index contributed by atoms with van der Waals surface area (Å²) in [5, 5.41) is 0. The van der Waals surface area contributed by atoms with E-state index in [1.54, 1.807) is 0 Å². The third kappa shape index (κ3) is 6.21. The summed E-state index contributed by atoms with van der Waals surface area (Å²) in [6, 6.07) is 0.991. The Morgan fingerprint density at radius 1 is 1.20 bits per heavy atom. The summed E-state index contributed by atoms with van der Waals surface area (Å²) in [6.07, 6.45) is 10.4. The van der Waals surface area contributed by atoms with E-state index < -0.39 is 8.07 Å². The molecule has 0 unspecified atom stereocenters. The Kier molecular flexibility index (Phi) is 6.00. The van der Waals surface area contributed by atoms with E-state index in [-0.39, 0.29) is 0 Å². The molecule has 0 amide bonds. The second-order valence-electron chi connectivity index (χ2n) is 8.56. The molecule has 1 fully saturated rings. The topological polar surface area (TPSA) is 17.1 Å². The highest BCUT2D eigenvalue weighted by atomic mass is 28.3. The smallest absolute Gasteiger partial charge is 0.145 e. The van der Waals surface area contributed by atoms with Gasteiger partial charge < -0.3 is 0 Å². The molecular formula is C18H32OSi. The fourth-order valence-electron chi connectivity index (χ4n) is 3.00. The summed E-state index contributed by atoms with van der Waals surface area (Å²) in [4.78, 5) is 11.2. The summed E-state index contributed by atoms with van der Waals surface area (Å²) in [5.74, 6) is 0.844. The number of allylic oxidation sites excluding steroid dienone is 4. The molecule has 0 heterocycles. The molecule has 0 aromatic rings. The van der Waals surface area contributed by atoms with Crippen LogP contribution in [0.15, 0.2) is 23.3 Å². The highest BCUT2D eigenvalue weighted by Crippen LogP contribution is 2.39. The average molecular weight is 293 g/mol. The zero-order valence-corrected chi connectivity index (χ0v) is 15.3. The summed E-state index contributed by atoms with van der Waals surface area (Å²) < 4.78 is 0. The third-order valence-corrected chi connectivity index (χ3v) is 5.74. The lowest BCUT2D eigenvalue weighted by atomic mass is 9.71. The van der Waals surface area contributed by atoms with Crippen LogP contribution < -0.4 is 0 Å². The van der Waals surface area contributed by atoms with Gasteiger partial charge in [-0.25, -0.2) is 0 Å². The van der Waals surface area contributed by atoms with Crippen molar-refractivity contribution in [2.45, 2.75) is 72.1 Å².